The van der Waals surface area contributed by atoms with Gasteiger partial charge in [-0.1, -0.05) is 30.3 Å². The Balaban J connectivity index is 1.92. The molecule has 10 nitrogen and oxygen atoms in total. The molecule has 35 heavy (non-hydrogen) atoms. The molecule has 0 heterocycles. The van der Waals surface area contributed by atoms with Crippen LogP contribution in [0.25, 0.3) is 6.08 Å². The quantitative estimate of drug-likeness (QED) is 0.154. The first-order valence-corrected chi connectivity index (χ1v) is 10.8. The summed E-state index contributed by atoms with van der Waals surface area (Å²) in [5, 5.41) is 37.3. The molecular weight excluding hydrogens is 520 g/mol. The molecule has 4 N–H and O–H groups in total. The van der Waals surface area contributed by atoms with Crippen LogP contribution in [0.3, 0.4) is 0 Å². The second-order valence-electron chi connectivity index (χ2n) is 7.19. The summed E-state index contributed by atoms with van der Waals surface area (Å²) >= 11 is 3.15. The van der Waals surface area contributed by atoms with E-state index in [1.54, 1.807) is 30.3 Å². The molecule has 0 saturated heterocycles. The fourth-order valence-electron chi connectivity index (χ4n) is 2.93. The number of halogens is 1. The SMILES string of the molecule is CC(=NNC(=O)C(=Cc1cccc([N+](=O)[O-])c1)NC(=O)c1ccccc1)c1cc(Br)c(O)cc1O. The summed E-state index contributed by atoms with van der Waals surface area (Å²) in [6, 6.07) is 16.3. The van der Waals surface area contributed by atoms with Gasteiger partial charge in [0.05, 0.1) is 15.1 Å². The van der Waals surface area contributed by atoms with Crippen LogP contribution in [0.2, 0.25) is 0 Å². The van der Waals surface area contributed by atoms with Crippen LogP contribution in [-0.2, 0) is 4.79 Å². The third-order valence-corrected chi connectivity index (χ3v) is 5.34. The summed E-state index contributed by atoms with van der Waals surface area (Å²) in [6.45, 7) is 1.52. The molecule has 0 saturated carbocycles. The Labute approximate surface area is 207 Å². The molecule has 0 bridgehead atoms. The van der Waals surface area contributed by atoms with E-state index in [0.717, 1.165) is 6.07 Å². The second kappa shape index (κ2) is 11.1. The van der Waals surface area contributed by atoms with Gasteiger partial charge in [0.2, 0.25) is 0 Å². The van der Waals surface area contributed by atoms with E-state index in [-0.39, 0.29) is 34.2 Å². The summed E-state index contributed by atoms with van der Waals surface area (Å²) in [6.07, 6.45) is 1.28. The number of phenols is 2. The summed E-state index contributed by atoms with van der Waals surface area (Å²) in [4.78, 5) is 36.1. The van der Waals surface area contributed by atoms with E-state index in [0.29, 0.717) is 15.6 Å². The molecule has 0 atom stereocenters. The minimum atomic E-state index is -0.808. The summed E-state index contributed by atoms with van der Waals surface area (Å²) in [5.74, 6) is -1.81. The highest BCUT2D eigenvalue weighted by molar-refractivity contribution is 9.10. The number of rotatable bonds is 7. The van der Waals surface area contributed by atoms with E-state index in [9.17, 15) is 29.9 Å². The number of aromatic hydroxyl groups is 2. The summed E-state index contributed by atoms with van der Waals surface area (Å²) in [7, 11) is 0. The Morgan fingerprint density at radius 3 is 2.43 bits per heavy atom. The summed E-state index contributed by atoms with van der Waals surface area (Å²) < 4.78 is 0.313. The van der Waals surface area contributed by atoms with Crippen molar-refractivity contribution in [2.45, 2.75) is 6.92 Å². The number of benzene rings is 3. The molecule has 0 aliphatic heterocycles. The normalized spacial score (nSPS) is 11.6. The average Bonchev–Trinajstić information content (AvgIpc) is 2.84. The fourth-order valence-corrected chi connectivity index (χ4v) is 3.28. The maximum Gasteiger partial charge on any atom is 0.287 e. The van der Waals surface area contributed by atoms with E-state index in [4.69, 9.17) is 0 Å². The molecule has 11 heteroatoms. The minimum Gasteiger partial charge on any atom is -0.507 e. The van der Waals surface area contributed by atoms with Crippen LogP contribution >= 0.6 is 15.9 Å². The number of nitrogens with one attached hydrogen (secondary N) is 2. The number of hydrogen-bond donors (Lipinski definition) is 4. The first-order chi connectivity index (χ1) is 16.7. The third-order valence-electron chi connectivity index (χ3n) is 4.70. The highest BCUT2D eigenvalue weighted by Gasteiger charge is 2.16. The predicted octanol–water partition coefficient (Wildman–Crippen LogP) is 4.08. The van der Waals surface area contributed by atoms with Crippen molar-refractivity contribution in [1.29, 1.82) is 0 Å². The van der Waals surface area contributed by atoms with Crippen molar-refractivity contribution in [2.24, 2.45) is 5.10 Å². The monoisotopic (exact) mass is 538 g/mol. The lowest BCUT2D eigenvalue weighted by atomic mass is 10.1. The van der Waals surface area contributed by atoms with Gasteiger partial charge >= 0.3 is 0 Å². The maximum absolute atomic E-state index is 12.9. The van der Waals surface area contributed by atoms with E-state index < -0.39 is 16.7 Å². The van der Waals surface area contributed by atoms with E-state index in [1.807, 2.05) is 0 Å². The van der Waals surface area contributed by atoms with Crippen molar-refractivity contribution < 1.29 is 24.7 Å². The molecule has 3 rings (SSSR count). The number of phenolic OH excluding ortho intramolecular Hbond substituents is 2. The molecule has 3 aromatic carbocycles. The minimum absolute atomic E-state index is 0.172. The van der Waals surface area contributed by atoms with Crippen LogP contribution in [0.1, 0.15) is 28.4 Å². The van der Waals surface area contributed by atoms with Gasteiger partial charge in [0.1, 0.15) is 17.2 Å². The maximum atomic E-state index is 12.9. The van der Waals surface area contributed by atoms with E-state index >= 15 is 0 Å². The van der Waals surface area contributed by atoms with E-state index in [1.165, 1.54) is 43.3 Å². The average molecular weight is 539 g/mol. The zero-order valence-electron chi connectivity index (χ0n) is 18.2. The number of carbonyl (C=O) groups excluding carboxylic acids is 2. The lowest BCUT2D eigenvalue weighted by Crippen LogP contribution is -2.33. The zero-order valence-corrected chi connectivity index (χ0v) is 19.8. The van der Waals surface area contributed by atoms with Crippen LogP contribution in [0.5, 0.6) is 11.5 Å². The van der Waals surface area contributed by atoms with Crippen molar-refractivity contribution in [3.05, 3.63) is 104 Å². The predicted molar refractivity (Wildman–Crippen MR) is 133 cm³/mol. The fraction of sp³-hybridized carbons (Fsp3) is 0.0417. The number of hydrogen-bond acceptors (Lipinski definition) is 7. The molecule has 0 unspecified atom stereocenters. The standard InChI is InChI=1S/C24H19BrN4O6/c1-14(18-12-19(25)22(31)13-21(18)30)27-28-24(33)20(26-23(32)16-7-3-2-4-8-16)11-15-6-5-9-17(10-15)29(34)35/h2-13,30-31H,1H3,(H,26,32)(H,28,33). The molecule has 2 amide bonds. The lowest BCUT2D eigenvalue weighted by molar-refractivity contribution is -0.384. The molecule has 0 aliphatic carbocycles. The third kappa shape index (κ3) is 6.51. The van der Waals surface area contributed by atoms with Gasteiger partial charge in [0.25, 0.3) is 17.5 Å². The Kier molecular flexibility index (Phi) is 7.95. The van der Waals surface area contributed by atoms with Gasteiger partial charge in [0.15, 0.2) is 0 Å². The van der Waals surface area contributed by atoms with Crippen molar-refractivity contribution >= 4 is 45.2 Å². The van der Waals surface area contributed by atoms with Gasteiger partial charge in [-0.15, -0.1) is 0 Å². The second-order valence-corrected chi connectivity index (χ2v) is 8.04. The molecule has 0 aliphatic rings. The molecular formula is C24H19BrN4O6. The highest BCUT2D eigenvalue weighted by Crippen LogP contribution is 2.31. The van der Waals surface area contributed by atoms with Gasteiger partial charge < -0.3 is 15.5 Å². The Bertz CT molecular complexity index is 1360. The number of hydrazone groups is 1. The van der Waals surface area contributed by atoms with Crippen molar-refractivity contribution in [2.75, 3.05) is 0 Å². The number of non-ortho nitro benzene ring substituents is 1. The molecule has 0 spiro atoms. The smallest absolute Gasteiger partial charge is 0.287 e. The summed E-state index contributed by atoms with van der Waals surface area (Å²) in [5.41, 5.74) is 2.95. The van der Waals surface area contributed by atoms with Gasteiger partial charge in [-0.05, 0) is 52.7 Å². The van der Waals surface area contributed by atoms with Crippen LogP contribution in [0.15, 0.2) is 82.0 Å². The number of carbonyl (C=O) groups is 2. The van der Waals surface area contributed by atoms with Crippen LogP contribution in [0, 0.1) is 10.1 Å². The van der Waals surface area contributed by atoms with Gasteiger partial charge in [-0.3, -0.25) is 19.7 Å². The number of nitrogens with zero attached hydrogens (tertiary/aromatic N) is 2. The number of nitro groups is 1. The Morgan fingerprint density at radius 2 is 1.74 bits per heavy atom. The van der Waals surface area contributed by atoms with Crippen molar-refractivity contribution in [3.8, 4) is 11.5 Å². The van der Waals surface area contributed by atoms with Gasteiger partial charge in [-0.2, -0.15) is 5.10 Å². The number of amides is 2. The van der Waals surface area contributed by atoms with Crippen LogP contribution in [0.4, 0.5) is 5.69 Å². The van der Waals surface area contributed by atoms with Crippen molar-refractivity contribution in [1.82, 2.24) is 10.7 Å². The lowest BCUT2D eigenvalue weighted by Gasteiger charge is -2.11. The largest absolute Gasteiger partial charge is 0.507 e. The van der Waals surface area contributed by atoms with Gasteiger partial charge in [-0.25, -0.2) is 5.43 Å². The number of nitro benzene ring substituents is 1. The van der Waals surface area contributed by atoms with Crippen LogP contribution < -0.4 is 10.7 Å². The topological polar surface area (TPSA) is 154 Å². The molecule has 0 radical (unpaired) electrons. The highest BCUT2D eigenvalue weighted by atomic mass is 79.9. The Hall–Kier alpha value is -4.51. The Morgan fingerprint density at radius 1 is 1.03 bits per heavy atom. The van der Waals surface area contributed by atoms with Gasteiger partial charge in [0, 0.05) is 29.3 Å². The van der Waals surface area contributed by atoms with Crippen LogP contribution in [-0.4, -0.2) is 32.7 Å². The molecule has 178 valence electrons. The first kappa shape index (κ1) is 25.1. The molecule has 3 aromatic rings. The molecule has 0 aromatic heterocycles. The van der Waals surface area contributed by atoms with Crippen molar-refractivity contribution in [3.63, 3.8) is 0 Å². The molecule has 0 fully saturated rings. The first-order valence-electron chi connectivity index (χ1n) is 10.0. The zero-order chi connectivity index (χ0) is 25.5. The van der Waals surface area contributed by atoms with E-state index in [2.05, 4.69) is 31.8 Å².